The van der Waals surface area contributed by atoms with Gasteiger partial charge in [-0.05, 0) is 66.5 Å². The summed E-state index contributed by atoms with van der Waals surface area (Å²) in [5.41, 5.74) is 0.418. The van der Waals surface area contributed by atoms with Crippen molar-refractivity contribution >= 4 is 29.2 Å². The molecule has 1 amide bonds. The molecule has 3 rings (SSSR count). The minimum atomic E-state index is -4.46. The fraction of sp³-hybridized carbons (Fsp3) is 0.0952. The topological polar surface area (TPSA) is 50.4 Å². The summed E-state index contributed by atoms with van der Waals surface area (Å²) in [6.07, 6.45) is -4.46. The van der Waals surface area contributed by atoms with Crippen molar-refractivity contribution in [1.29, 1.82) is 0 Å². The quantitative estimate of drug-likeness (QED) is 0.476. The highest BCUT2D eigenvalue weighted by atomic mass is 32.2. The molecular weight excluding hydrogens is 401 g/mol. The number of amides is 1. The van der Waals surface area contributed by atoms with Gasteiger partial charge < -0.3 is 14.8 Å². The Hall–Kier alpha value is -3.13. The van der Waals surface area contributed by atoms with Gasteiger partial charge in [-0.1, -0.05) is 18.2 Å². The molecule has 29 heavy (non-hydrogen) atoms. The smallest absolute Gasteiger partial charge is 0.416 e. The van der Waals surface area contributed by atoms with Crippen LogP contribution in [-0.4, -0.2) is 13.0 Å². The molecule has 0 heterocycles. The highest BCUT2D eigenvalue weighted by Crippen LogP contribution is 2.31. The predicted octanol–water partition coefficient (Wildman–Crippen LogP) is 6.09. The van der Waals surface area contributed by atoms with Gasteiger partial charge in [0.15, 0.2) is 0 Å². The zero-order valence-electron chi connectivity index (χ0n) is 15.3. The molecule has 0 fully saturated rings. The summed E-state index contributed by atoms with van der Waals surface area (Å²) < 4.78 is 46.8. The second kappa shape index (κ2) is 8.91. The standard InChI is InChI=1S/C21H17F3N2O2S/c1-28-19-8-3-2-7-18(19)26-29-17-11-9-14(10-12-17)20(27)25-16-6-4-5-15(13-16)21(22,23)24/h2-13,26H,1H3,(H,25,27). The molecule has 0 radical (unpaired) electrons. The number of ether oxygens (including phenoxy) is 1. The van der Waals surface area contributed by atoms with Gasteiger partial charge in [0.05, 0.1) is 18.4 Å². The maximum Gasteiger partial charge on any atom is 0.416 e. The summed E-state index contributed by atoms with van der Waals surface area (Å²) in [6.45, 7) is 0. The van der Waals surface area contributed by atoms with Crippen molar-refractivity contribution in [3.8, 4) is 5.75 Å². The molecule has 0 spiro atoms. The summed E-state index contributed by atoms with van der Waals surface area (Å²) in [5.74, 6) is 0.218. The highest BCUT2D eigenvalue weighted by Gasteiger charge is 2.30. The number of benzene rings is 3. The number of nitrogens with one attached hydrogen (secondary N) is 2. The van der Waals surface area contributed by atoms with E-state index in [1.807, 2.05) is 24.3 Å². The van der Waals surface area contributed by atoms with Crippen LogP contribution in [0.15, 0.2) is 77.7 Å². The number of alkyl halides is 3. The molecule has 0 saturated heterocycles. The summed E-state index contributed by atoms with van der Waals surface area (Å²) in [5, 5.41) is 2.49. The Labute approximate surface area is 170 Å². The fourth-order valence-corrected chi connectivity index (χ4v) is 3.16. The molecule has 0 unspecified atom stereocenters. The second-order valence-electron chi connectivity index (χ2n) is 5.96. The van der Waals surface area contributed by atoms with Crippen molar-refractivity contribution in [2.75, 3.05) is 17.1 Å². The Morgan fingerprint density at radius 3 is 2.38 bits per heavy atom. The third-order valence-corrected chi connectivity index (χ3v) is 4.78. The average Bonchev–Trinajstić information content (AvgIpc) is 2.72. The molecule has 2 N–H and O–H groups in total. The molecule has 0 bridgehead atoms. The number of methoxy groups -OCH3 is 1. The second-order valence-corrected chi connectivity index (χ2v) is 6.84. The van der Waals surface area contributed by atoms with Crippen molar-refractivity contribution in [1.82, 2.24) is 0 Å². The average molecular weight is 418 g/mol. The lowest BCUT2D eigenvalue weighted by Crippen LogP contribution is -2.13. The van der Waals surface area contributed by atoms with Gasteiger partial charge in [-0.15, -0.1) is 0 Å². The first kappa shape index (κ1) is 20.6. The van der Waals surface area contributed by atoms with E-state index in [0.717, 1.165) is 22.7 Å². The highest BCUT2D eigenvalue weighted by molar-refractivity contribution is 8.00. The van der Waals surface area contributed by atoms with Crippen molar-refractivity contribution in [2.24, 2.45) is 0 Å². The third-order valence-electron chi connectivity index (χ3n) is 3.95. The van der Waals surface area contributed by atoms with Gasteiger partial charge in [-0.3, -0.25) is 4.79 Å². The molecule has 3 aromatic rings. The van der Waals surface area contributed by atoms with Gasteiger partial charge in [-0.2, -0.15) is 13.2 Å². The summed E-state index contributed by atoms with van der Waals surface area (Å²) in [6, 6.07) is 18.7. The van der Waals surface area contributed by atoms with E-state index in [2.05, 4.69) is 10.0 Å². The maximum absolute atomic E-state index is 12.8. The molecule has 0 aliphatic rings. The first-order valence-electron chi connectivity index (χ1n) is 8.51. The molecule has 3 aromatic carbocycles. The molecule has 0 saturated carbocycles. The minimum absolute atomic E-state index is 0.0844. The zero-order chi connectivity index (χ0) is 20.9. The lowest BCUT2D eigenvalue weighted by atomic mass is 10.1. The van der Waals surface area contributed by atoms with E-state index in [1.165, 1.54) is 24.1 Å². The maximum atomic E-state index is 12.8. The Kier molecular flexibility index (Phi) is 6.33. The van der Waals surface area contributed by atoms with Crippen LogP contribution in [0.5, 0.6) is 5.75 Å². The number of carbonyl (C=O) groups excluding carboxylic acids is 1. The number of rotatable bonds is 6. The van der Waals surface area contributed by atoms with E-state index in [1.54, 1.807) is 31.4 Å². The van der Waals surface area contributed by atoms with Crippen LogP contribution in [0.1, 0.15) is 15.9 Å². The van der Waals surface area contributed by atoms with Crippen molar-refractivity contribution in [3.05, 3.63) is 83.9 Å². The van der Waals surface area contributed by atoms with Crippen LogP contribution in [-0.2, 0) is 6.18 Å². The molecule has 8 heteroatoms. The van der Waals surface area contributed by atoms with E-state index in [0.29, 0.717) is 11.3 Å². The SMILES string of the molecule is COc1ccccc1NSc1ccc(C(=O)Nc2cccc(C(F)(F)F)c2)cc1. The van der Waals surface area contributed by atoms with E-state index < -0.39 is 17.6 Å². The number of para-hydroxylation sites is 2. The van der Waals surface area contributed by atoms with Crippen LogP contribution < -0.4 is 14.8 Å². The zero-order valence-corrected chi connectivity index (χ0v) is 16.1. The van der Waals surface area contributed by atoms with E-state index >= 15 is 0 Å². The monoisotopic (exact) mass is 418 g/mol. The molecular formula is C21H17F3N2O2S. The predicted molar refractivity (Wildman–Crippen MR) is 108 cm³/mol. The molecule has 0 aliphatic heterocycles. The first-order valence-corrected chi connectivity index (χ1v) is 9.33. The molecule has 4 nitrogen and oxygen atoms in total. The van der Waals surface area contributed by atoms with Crippen LogP contribution in [0.4, 0.5) is 24.5 Å². The van der Waals surface area contributed by atoms with Crippen LogP contribution in [0.2, 0.25) is 0 Å². The number of halogens is 3. The van der Waals surface area contributed by atoms with Gasteiger partial charge in [-0.25, -0.2) is 0 Å². The van der Waals surface area contributed by atoms with Crippen LogP contribution in [0.3, 0.4) is 0 Å². The Morgan fingerprint density at radius 2 is 1.69 bits per heavy atom. The Bertz CT molecular complexity index is 992. The van der Waals surface area contributed by atoms with Crippen molar-refractivity contribution < 1.29 is 22.7 Å². The van der Waals surface area contributed by atoms with Gasteiger partial charge in [0, 0.05) is 16.1 Å². The lowest BCUT2D eigenvalue weighted by molar-refractivity contribution is -0.137. The van der Waals surface area contributed by atoms with Gasteiger partial charge >= 0.3 is 6.18 Å². The normalized spacial score (nSPS) is 11.0. The van der Waals surface area contributed by atoms with E-state index in [9.17, 15) is 18.0 Å². The number of carbonyl (C=O) groups is 1. The Balaban J connectivity index is 1.63. The molecule has 0 aromatic heterocycles. The van der Waals surface area contributed by atoms with Gasteiger partial charge in [0.25, 0.3) is 5.91 Å². The van der Waals surface area contributed by atoms with Gasteiger partial charge in [0.1, 0.15) is 5.75 Å². The third kappa shape index (κ3) is 5.45. The van der Waals surface area contributed by atoms with Crippen molar-refractivity contribution in [3.63, 3.8) is 0 Å². The van der Waals surface area contributed by atoms with Crippen LogP contribution in [0.25, 0.3) is 0 Å². The summed E-state index contributed by atoms with van der Waals surface area (Å²) in [7, 11) is 1.59. The first-order chi connectivity index (χ1) is 13.9. The van der Waals surface area contributed by atoms with Crippen LogP contribution in [0, 0.1) is 0 Å². The summed E-state index contributed by atoms with van der Waals surface area (Å²) in [4.78, 5) is 13.2. The lowest BCUT2D eigenvalue weighted by Gasteiger charge is -2.11. The van der Waals surface area contributed by atoms with Crippen molar-refractivity contribution in [2.45, 2.75) is 11.1 Å². The summed E-state index contributed by atoms with van der Waals surface area (Å²) >= 11 is 1.35. The minimum Gasteiger partial charge on any atom is -0.495 e. The Morgan fingerprint density at radius 1 is 0.966 bits per heavy atom. The fourth-order valence-electron chi connectivity index (χ4n) is 2.49. The molecule has 150 valence electrons. The number of anilines is 2. The van der Waals surface area contributed by atoms with Crippen LogP contribution >= 0.6 is 11.9 Å². The van der Waals surface area contributed by atoms with E-state index in [4.69, 9.17) is 4.74 Å². The number of hydrogen-bond donors (Lipinski definition) is 2. The largest absolute Gasteiger partial charge is 0.495 e. The number of hydrogen-bond acceptors (Lipinski definition) is 4. The molecule has 0 aliphatic carbocycles. The van der Waals surface area contributed by atoms with Gasteiger partial charge in [0.2, 0.25) is 0 Å². The molecule has 0 atom stereocenters. The van der Waals surface area contributed by atoms with E-state index in [-0.39, 0.29) is 5.69 Å².